The number of amides is 1. The molecule has 1 aromatic carbocycles. The monoisotopic (exact) mass is 290 g/mol. The Kier molecular flexibility index (Phi) is 4.96. The molecule has 1 aliphatic rings. The topological polar surface area (TPSA) is 78.4 Å². The zero-order chi connectivity index (χ0) is 15.3. The molecule has 1 heterocycles. The molecule has 5 nitrogen and oxygen atoms in total. The molecule has 1 saturated heterocycles. The molecule has 1 fully saturated rings. The van der Waals surface area contributed by atoms with Crippen LogP contribution >= 0.6 is 0 Å². The Hall–Kier alpha value is -1.88. The van der Waals surface area contributed by atoms with E-state index in [9.17, 15) is 9.59 Å². The average Bonchev–Trinajstić information content (AvgIpc) is 2.92. The number of carbonyl (C=O) groups excluding carboxylic acids is 1. The molecule has 0 saturated carbocycles. The number of hydrogen-bond donors (Lipinski definition) is 3. The molecule has 1 amide bonds. The summed E-state index contributed by atoms with van der Waals surface area (Å²) in [7, 11) is 0. The Bertz CT molecular complexity index is 496. The molecular formula is C16H22N2O3. The van der Waals surface area contributed by atoms with Crippen molar-refractivity contribution in [3.05, 3.63) is 35.9 Å². The van der Waals surface area contributed by atoms with Gasteiger partial charge in [0.2, 0.25) is 5.91 Å². The lowest BCUT2D eigenvalue weighted by molar-refractivity contribution is -0.137. The summed E-state index contributed by atoms with van der Waals surface area (Å²) in [4.78, 5) is 23.3. The van der Waals surface area contributed by atoms with Crippen LogP contribution in [0, 0.1) is 0 Å². The third-order valence-electron chi connectivity index (χ3n) is 4.02. The fourth-order valence-electron chi connectivity index (χ4n) is 2.68. The summed E-state index contributed by atoms with van der Waals surface area (Å²) in [5, 5.41) is 15.1. The van der Waals surface area contributed by atoms with Gasteiger partial charge in [-0.1, -0.05) is 30.3 Å². The molecule has 0 spiro atoms. The molecule has 21 heavy (non-hydrogen) atoms. The van der Waals surface area contributed by atoms with Gasteiger partial charge < -0.3 is 15.7 Å². The zero-order valence-corrected chi connectivity index (χ0v) is 12.3. The Morgan fingerprint density at radius 1 is 1.38 bits per heavy atom. The van der Waals surface area contributed by atoms with Crippen molar-refractivity contribution in [3.63, 3.8) is 0 Å². The Balaban J connectivity index is 2.08. The van der Waals surface area contributed by atoms with Gasteiger partial charge in [-0.2, -0.15) is 0 Å². The molecule has 1 aromatic rings. The lowest BCUT2D eigenvalue weighted by Gasteiger charge is -2.27. The first-order valence-electron chi connectivity index (χ1n) is 7.34. The maximum atomic E-state index is 12.5. The van der Waals surface area contributed by atoms with Gasteiger partial charge in [0, 0.05) is 6.42 Å². The number of hydrogen-bond acceptors (Lipinski definition) is 3. The second-order valence-electron chi connectivity index (χ2n) is 5.73. The largest absolute Gasteiger partial charge is 0.481 e. The summed E-state index contributed by atoms with van der Waals surface area (Å²) in [6, 6.07) is 9.25. The Morgan fingerprint density at radius 2 is 2.10 bits per heavy atom. The quantitative estimate of drug-likeness (QED) is 0.747. The highest BCUT2D eigenvalue weighted by Gasteiger charge is 2.36. The van der Waals surface area contributed by atoms with E-state index in [1.165, 1.54) is 0 Å². The van der Waals surface area contributed by atoms with Crippen molar-refractivity contribution in [2.45, 2.75) is 44.2 Å². The number of nitrogens with one attached hydrogen (secondary N) is 2. The van der Waals surface area contributed by atoms with Gasteiger partial charge in [0.25, 0.3) is 0 Å². The molecule has 0 bridgehead atoms. The molecule has 3 N–H and O–H groups in total. The van der Waals surface area contributed by atoms with Crippen LogP contribution in [0.1, 0.15) is 44.2 Å². The molecular weight excluding hydrogens is 268 g/mol. The first-order valence-corrected chi connectivity index (χ1v) is 7.34. The van der Waals surface area contributed by atoms with E-state index in [4.69, 9.17) is 5.11 Å². The molecule has 0 radical (unpaired) electrons. The number of carbonyl (C=O) groups is 2. The average molecular weight is 290 g/mol. The minimum atomic E-state index is -0.851. The van der Waals surface area contributed by atoms with Crippen molar-refractivity contribution in [3.8, 4) is 0 Å². The molecule has 114 valence electrons. The minimum Gasteiger partial charge on any atom is -0.481 e. The highest BCUT2D eigenvalue weighted by molar-refractivity contribution is 5.86. The lowest BCUT2D eigenvalue weighted by atomic mass is 9.96. The first kappa shape index (κ1) is 15.5. The van der Waals surface area contributed by atoms with E-state index in [0.29, 0.717) is 6.42 Å². The fraction of sp³-hybridized carbons (Fsp3) is 0.500. The number of rotatable bonds is 6. The summed E-state index contributed by atoms with van der Waals surface area (Å²) in [6.07, 6.45) is 2.21. The van der Waals surface area contributed by atoms with Crippen LogP contribution in [0.4, 0.5) is 0 Å². The molecule has 2 atom stereocenters. The first-order chi connectivity index (χ1) is 10.0. The smallest absolute Gasteiger partial charge is 0.303 e. The van der Waals surface area contributed by atoms with Crippen molar-refractivity contribution in [1.29, 1.82) is 0 Å². The molecule has 5 heteroatoms. The van der Waals surface area contributed by atoms with Crippen LogP contribution in [0.5, 0.6) is 0 Å². The molecule has 0 aliphatic carbocycles. The van der Waals surface area contributed by atoms with Gasteiger partial charge in [-0.3, -0.25) is 9.59 Å². The molecule has 2 unspecified atom stereocenters. The van der Waals surface area contributed by atoms with E-state index < -0.39 is 11.5 Å². The van der Waals surface area contributed by atoms with Gasteiger partial charge in [-0.15, -0.1) is 0 Å². The Labute approximate surface area is 124 Å². The lowest BCUT2D eigenvalue weighted by Crippen LogP contribution is -2.52. The second kappa shape index (κ2) is 6.72. The van der Waals surface area contributed by atoms with Crippen molar-refractivity contribution in [1.82, 2.24) is 10.6 Å². The number of carboxylic acid groups (broad SMARTS) is 1. The van der Waals surface area contributed by atoms with Crippen LogP contribution in [0.2, 0.25) is 0 Å². The van der Waals surface area contributed by atoms with E-state index in [1.807, 2.05) is 37.3 Å². The summed E-state index contributed by atoms with van der Waals surface area (Å²) >= 11 is 0. The minimum absolute atomic E-state index is 0.0317. The van der Waals surface area contributed by atoms with Gasteiger partial charge in [-0.05, 0) is 38.3 Å². The second-order valence-corrected chi connectivity index (χ2v) is 5.73. The maximum absolute atomic E-state index is 12.5. The van der Waals surface area contributed by atoms with E-state index in [0.717, 1.165) is 24.9 Å². The van der Waals surface area contributed by atoms with E-state index in [1.54, 1.807) is 0 Å². The standard InChI is InChI=1S/C16H22N2O3/c1-16(10-5-11-17-16)15(21)18-13(8-9-14(19)20)12-6-3-2-4-7-12/h2-4,6-7,13,17H,5,8-11H2,1H3,(H,18,21)(H,19,20). The highest BCUT2D eigenvalue weighted by atomic mass is 16.4. The van der Waals surface area contributed by atoms with Crippen molar-refractivity contribution >= 4 is 11.9 Å². The van der Waals surface area contributed by atoms with Gasteiger partial charge in [0.15, 0.2) is 0 Å². The van der Waals surface area contributed by atoms with Gasteiger partial charge in [-0.25, -0.2) is 0 Å². The number of benzene rings is 1. The zero-order valence-electron chi connectivity index (χ0n) is 12.3. The van der Waals surface area contributed by atoms with E-state index in [2.05, 4.69) is 10.6 Å². The van der Waals surface area contributed by atoms with E-state index in [-0.39, 0.29) is 18.4 Å². The normalized spacial score (nSPS) is 22.7. The predicted octanol–water partition coefficient (Wildman–Crippen LogP) is 1.85. The van der Waals surface area contributed by atoms with Gasteiger partial charge in [0.1, 0.15) is 0 Å². The summed E-state index contributed by atoms with van der Waals surface area (Å²) in [6.45, 7) is 2.74. The summed E-state index contributed by atoms with van der Waals surface area (Å²) < 4.78 is 0. The van der Waals surface area contributed by atoms with E-state index >= 15 is 0 Å². The van der Waals surface area contributed by atoms with Crippen molar-refractivity contribution in [2.24, 2.45) is 0 Å². The van der Waals surface area contributed by atoms with Crippen molar-refractivity contribution in [2.75, 3.05) is 6.54 Å². The number of carboxylic acids is 1. The fourth-order valence-corrected chi connectivity index (χ4v) is 2.68. The maximum Gasteiger partial charge on any atom is 0.303 e. The van der Waals surface area contributed by atoms with Crippen LogP contribution in [-0.2, 0) is 9.59 Å². The predicted molar refractivity (Wildman–Crippen MR) is 79.8 cm³/mol. The number of aliphatic carboxylic acids is 1. The van der Waals surface area contributed by atoms with Crippen LogP contribution in [0.25, 0.3) is 0 Å². The molecule has 2 rings (SSSR count). The van der Waals surface area contributed by atoms with Gasteiger partial charge >= 0.3 is 5.97 Å². The summed E-state index contributed by atoms with van der Waals surface area (Å²) in [5.74, 6) is -0.908. The van der Waals surface area contributed by atoms with Crippen LogP contribution in [0.15, 0.2) is 30.3 Å². The summed E-state index contributed by atoms with van der Waals surface area (Å²) in [5.41, 5.74) is 0.393. The third kappa shape index (κ3) is 4.04. The third-order valence-corrected chi connectivity index (χ3v) is 4.02. The SMILES string of the molecule is CC1(C(=O)NC(CCC(=O)O)c2ccccc2)CCCN1. The Morgan fingerprint density at radius 3 is 2.67 bits per heavy atom. The van der Waals surface area contributed by atoms with Crippen LogP contribution < -0.4 is 10.6 Å². The van der Waals surface area contributed by atoms with Crippen LogP contribution in [-0.4, -0.2) is 29.1 Å². The van der Waals surface area contributed by atoms with Gasteiger partial charge in [0.05, 0.1) is 11.6 Å². The molecule has 0 aromatic heterocycles. The molecule has 1 aliphatic heterocycles. The highest BCUT2D eigenvalue weighted by Crippen LogP contribution is 2.23. The van der Waals surface area contributed by atoms with Crippen LogP contribution in [0.3, 0.4) is 0 Å². The van der Waals surface area contributed by atoms with Crippen molar-refractivity contribution < 1.29 is 14.7 Å².